The van der Waals surface area contributed by atoms with E-state index in [9.17, 15) is 20.0 Å². The molecular formula is C18H19N3O5. The zero-order valence-corrected chi connectivity index (χ0v) is 14.7. The first kappa shape index (κ1) is 19.1. The van der Waals surface area contributed by atoms with Gasteiger partial charge >= 0.3 is 0 Å². The van der Waals surface area contributed by atoms with Gasteiger partial charge in [-0.3, -0.25) is 19.9 Å². The molecule has 8 heteroatoms. The number of hydrogen-bond acceptors (Lipinski definition) is 7. The summed E-state index contributed by atoms with van der Waals surface area (Å²) in [4.78, 5) is 28.5. The summed E-state index contributed by atoms with van der Waals surface area (Å²) < 4.78 is 4.95. The number of carbonyl (C=O) groups excluding carboxylic acids is 1. The average Bonchev–Trinajstić information content (AvgIpc) is 2.60. The molecule has 0 spiro atoms. The first-order chi connectivity index (χ1) is 12.3. The van der Waals surface area contributed by atoms with Crippen molar-refractivity contribution in [1.82, 2.24) is 4.90 Å². The van der Waals surface area contributed by atoms with E-state index in [0.717, 1.165) is 6.07 Å². The number of aliphatic imine (C=N–C) groups is 1. The molecule has 0 unspecified atom stereocenters. The molecule has 0 aromatic heterocycles. The van der Waals surface area contributed by atoms with Crippen LogP contribution in [-0.2, 0) is 0 Å². The zero-order valence-electron chi connectivity index (χ0n) is 14.7. The summed E-state index contributed by atoms with van der Waals surface area (Å²) in [6.07, 6.45) is 1.29. The van der Waals surface area contributed by atoms with Crippen LogP contribution < -0.4 is 4.74 Å². The Balaban J connectivity index is 2.34. The highest BCUT2D eigenvalue weighted by Crippen LogP contribution is 2.33. The van der Waals surface area contributed by atoms with Crippen molar-refractivity contribution in [3.8, 4) is 11.5 Å². The number of carbonyl (C=O) groups is 1. The molecule has 0 heterocycles. The lowest BCUT2D eigenvalue weighted by Crippen LogP contribution is -2.21. The molecule has 0 aliphatic heterocycles. The number of phenolic OH excluding ortho intramolecular Hbond substituents is 1. The Kier molecular flexibility index (Phi) is 6.03. The number of benzene rings is 2. The summed E-state index contributed by atoms with van der Waals surface area (Å²) in [7, 11) is 4.91. The van der Waals surface area contributed by atoms with Gasteiger partial charge in [0.2, 0.25) is 0 Å². The van der Waals surface area contributed by atoms with E-state index in [1.807, 2.05) is 0 Å². The lowest BCUT2D eigenvalue weighted by atomic mass is 10.1. The molecule has 0 fully saturated rings. The van der Waals surface area contributed by atoms with Crippen LogP contribution >= 0.6 is 0 Å². The van der Waals surface area contributed by atoms with Crippen molar-refractivity contribution in [1.29, 1.82) is 0 Å². The minimum absolute atomic E-state index is 0.0180. The number of non-ortho nitro benzene ring substituents is 1. The van der Waals surface area contributed by atoms with Crippen LogP contribution in [0.25, 0.3) is 0 Å². The minimum Gasteiger partial charge on any atom is -0.504 e. The van der Waals surface area contributed by atoms with E-state index in [-0.39, 0.29) is 35.1 Å². The molecule has 8 nitrogen and oxygen atoms in total. The molecule has 0 bridgehead atoms. The van der Waals surface area contributed by atoms with E-state index >= 15 is 0 Å². The predicted octanol–water partition coefficient (Wildman–Crippen LogP) is 2.80. The minimum atomic E-state index is -0.583. The first-order valence-electron chi connectivity index (χ1n) is 7.69. The van der Waals surface area contributed by atoms with Crippen LogP contribution in [0.5, 0.6) is 11.5 Å². The second kappa shape index (κ2) is 8.21. The normalized spacial score (nSPS) is 11.1. The number of ketones is 1. The summed E-state index contributed by atoms with van der Waals surface area (Å²) in [6.45, 7) is 0.274. The highest BCUT2D eigenvalue weighted by molar-refractivity contribution is 5.98. The third-order valence-corrected chi connectivity index (χ3v) is 3.50. The number of likely N-dealkylation sites (N-methyl/N-ethyl adjacent to an activating group) is 1. The number of rotatable bonds is 7. The Hall–Kier alpha value is -3.26. The van der Waals surface area contributed by atoms with Crippen LogP contribution in [-0.4, -0.2) is 54.7 Å². The summed E-state index contributed by atoms with van der Waals surface area (Å²) in [5.41, 5.74) is 0.908. The van der Waals surface area contributed by atoms with Gasteiger partial charge in [-0.2, -0.15) is 0 Å². The molecule has 0 radical (unpaired) electrons. The third-order valence-electron chi connectivity index (χ3n) is 3.50. The van der Waals surface area contributed by atoms with Gasteiger partial charge in [0.1, 0.15) is 0 Å². The van der Waals surface area contributed by atoms with Crippen molar-refractivity contribution in [3.63, 3.8) is 0 Å². The average molecular weight is 357 g/mol. The Bertz CT molecular complexity index is 862. The van der Waals surface area contributed by atoms with E-state index in [0.29, 0.717) is 11.3 Å². The molecular weight excluding hydrogens is 338 g/mol. The molecule has 0 amide bonds. The van der Waals surface area contributed by atoms with Crippen LogP contribution in [0.2, 0.25) is 0 Å². The SMILES string of the molecule is COc1cc([N+](=O)[O-])cc(C=Nc2cccc(C(=O)CN(C)C)c2)c1O. The Morgan fingerprint density at radius 2 is 2.08 bits per heavy atom. The monoisotopic (exact) mass is 357 g/mol. The quantitative estimate of drug-likeness (QED) is 0.353. The summed E-state index contributed by atoms with van der Waals surface area (Å²) in [5, 5.41) is 21.1. The second-order valence-corrected chi connectivity index (χ2v) is 5.81. The lowest BCUT2D eigenvalue weighted by molar-refractivity contribution is -0.385. The van der Waals surface area contributed by atoms with E-state index in [1.54, 1.807) is 43.3 Å². The zero-order chi connectivity index (χ0) is 19.3. The Morgan fingerprint density at radius 3 is 2.69 bits per heavy atom. The number of hydrogen-bond donors (Lipinski definition) is 1. The van der Waals surface area contributed by atoms with Gasteiger partial charge in [-0.1, -0.05) is 12.1 Å². The maximum Gasteiger partial charge on any atom is 0.274 e. The van der Waals surface area contributed by atoms with E-state index in [1.165, 1.54) is 19.4 Å². The number of nitro groups is 1. The maximum absolute atomic E-state index is 12.1. The van der Waals surface area contributed by atoms with Crippen LogP contribution in [0.1, 0.15) is 15.9 Å². The number of methoxy groups -OCH3 is 1. The van der Waals surface area contributed by atoms with Crippen molar-refractivity contribution in [2.24, 2.45) is 4.99 Å². The van der Waals surface area contributed by atoms with Crippen molar-refractivity contribution >= 4 is 23.4 Å². The van der Waals surface area contributed by atoms with Crippen LogP contribution in [0.15, 0.2) is 41.4 Å². The fourth-order valence-electron chi connectivity index (χ4n) is 2.26. The number of aromatic hydroxyl groups is 1. The van der Waals surface area contributed by atoms with Gasteiger partial charge in [-0.15, -0.1) is 0 Å². The fraction of sp³-hybridized carbons (Fsp3) is 0.222. The highest BCUT2D eigenvalue weighted by atomic mass is 16.6. The number of nitrogens with zero attached hydrogens (tertiary/aromatic N) is 3. The molecule has 0 aliphatic carbocycles. The van der Waals surface area contributed by atoms with Gasteiger partial charge in [0.15, 0.2) is 17.3 Å². The largest absolute Gasteiger partial charge is 0.504 e. The topological polar surface area (TPSA) is 105 Å². The smallest absolute Gasteiger partial charge is 0.274 e. The van der Waals surface area contributed by atoms with Crippen LogP contribution in [0, 0.1) is 10.1 Å². The molecule has 1 N–H and O–H groups in total. The van der Waals surface area contributed by atoms with Gasteiger partial charge in [-0.25, -0.2) is 0 Å². The predicted molar refractivity (Wildman–Crippen MR) is 97.9 cm³/mol. The van der Waals surface area contributed by atoms with Gasteiger partial charge in [0, 0.05) is 23.4 Å². The summed E-state index contributed by atoms with van der Waals surface area (Å²) >= 11 is 0. The van der Waals surface area contributed by atoms with Gasteiger partial charge in [0.25, 0.3) is 5.69 Å². The molecule has 0 aliphatic rings. The molecule has 0 saturated carbocycles. The molecule has 136 valence electrons. The Labute approximate surface area is 150 Å². The lowest BCUT2D eigenvalue weighted by Gasteiger charge is -2.08. The number of nitro benzene ring substituents is 1. The highest BCUT2D eigenvalue weighted by Gasteiger charge is 2.15. The molecule has 2 rings (SSSR count). The van der Waals surface area contributed by atoms with Gasteiger partial charge < -0.3 is 14.7 Å². The maximum atomic E-state index is 12.1. The van der Waals surface area contributed by atoms with E-state index in [2.05, 4.69) is 4.99 Å². The third kappa shape index (κ3) is 4.64. The van der Waals surface area contributed by atoms with Crippen molar-refractivity contribution in [3.05, 3.63) is 57.6 Å². The van der Waals surface area contributed by atoms with Crippen molar-refractivity contribution in [2.75, 3.05) is 27.7 Å². The first-order valence-corrected chi connectivity index (χ1v) is 7.69. The molecule has 0 saturated heterocycles. The standard InChI is InChI=1S/C18H19N3O5/c1-20(2)11-16(22)12-5-4-6-14(7-12)19-10-13-8-15(21(24)25)9-17(26-3)18(13)23/h4-10,23H,11H2,1-3H3. The van der Waals surface area contributed by atoms with E-state index < -0.39 is 4.92 Å². The Morgan fingerprint density at radius 1 is 1.35 bits per heavy atom. The second-order valence-electron chi connectivity index (χ2n) is 5.81. The number of ether oxygens (including phenoxy) is 1. The van der Waals surface area contributed by atoms with Gasteiger partial charge in [0.05, 0.1) is 30.3 Å². The molecule has 0 atom stereocenters. The van der Waals surface area contributed by atoms with E-state index in [4.69, 9.17) is 4.74 Å². The fourth-order valence-corrected chi connectivity index (χ4v) is 2.26. The summed E-state index contributed by atoms with van der Waals surface area (Å²) in [5.74, 6) is -0.316. The molecule has 2 aromatic carbocycles. The number of Topliss-reactive ketones (excluding diaryl/α,β-unsaturated/α-hetero) is 1. The summed E-state index contributed by atoms with van der Waals surface area (Å²) in [6, 6.07) is 9.03. The van der Waals surface area contributed by atoms with Crippen LogP contribution in [0.3, 0.4) is 0 Å². The van der Waals surface area contributed by atoms with Gasteiger partial charge in [-0.05, 0) is 26.2 Å². The van der Waals surface area contributed by atoms with Crippen LogP contribution in [0.4, 0.5) is 11.4 Å². The molecule has 26 heavy (non-hydrogen) atoms. The van der Waals surface area contributed by atoms with Crippen molar-refractivity contribution in [2.45, 2.75) is 0 Å². The van der Waals surface area contributed by atoms with Crippen molar-refractivity contribution < 1.29 is 19.6 Å². The number of phenols is 1. The molecule has 2 aromatic rings.